The molecule has 0 radical (unpaired) electrons. The van der Waals surface area contributed by atoms with Crippen molar-refractivity contribution >= 4 is 28.9 Å². The van der Waals surface area contributed by atoms with Crippen molar-refractivity contribution in [1.82, 2.24) is 4.90 Å². The van der Waals surface area contributed by atoms with E-state index >= 15 is 0 Å². The Balaban J connectivity index is 2.57. The lowest BCUT2D eigenvalue weighted by Crippen LogP contribution is -2.33. The van der Waals surface area contributed by atoms with Gasteiger partial charge in [0.05, 0.1) is 11.4 Å². The number of aliphatic carboxylic acids is 1. The fourth-order valence-corrected chi connectivity index (χ4v) is 2.70. The van der Waals surface area contributed by atoms with Crippen molar-refractivity contribution in [1.29, 1.82) is 0 Å². The van der Waals surface area contributed by atoms with Gasteiger partial charge in [-0.25, -0.2) is 0 Å². The molecule has 1 N–H and O–H groups in total. The molecule has 1 aromatic heterocycles. The molecule has 1 atom stereocenters. The monoisotopic (exact) mass is 261 g/mol. The van der Waals surface area contributed by atoms with E-state index in [1.54, 1.807) is 11.3 Å². The number of hydrogen-bond acceptors (Lipinski definition) is 3. The molecule has 0 bridgehead atoms. The number of carboxylic acids is 1. The Labute approximate surface area is 105 Å². The minimum Gasteiger partial charge on any atom is -0.481 e. The maximum absolute atomic E-state index is 10.6. The normalized spacial score (nSPS) is 13.0. The van der Waals surface area contributed by atoms with Crippen molar-refractivity contribution in [2.75, 3.05) is 6.54 Å². The number of carbonyl (C=O) groups is 1. The van der Waals surface area contributed by atoms with Crippen molar-refractivity contribution in [3.05, 3.63) is 21.3 Å². The highest BCUT2D eigenvalue weighted by atomic mass is 35.5. The van der Waals surface area contributed by atoms with E-state index in [2.05, 4.69) is 4.90 Å². The summed E-state index contributed by atoms with van der Waals surface area (Å²) >= 11 is 7.46. The van der Waals surface area contributed by atoms with Gasteiger partial charge in [0.2, 0.25) is 0 Å². The summed E-state index contributed by atoms with van der Waals surface area (Å²) in [4.78, 5) is 13.9. The van der Waals surface area contributed by atoms with E-state index in [-0.39, 0.29) is 12.5 Å². The van der Waals surface area contributed by atoms with E-state index in [1.165, 1.54) is 4.88 Å². The van der Waals surface area contributed by atoms with Crippen molar-refractivity contribution in [2.45, 2.75) is 32.9 Å². The molecule has 0 aromatic carbocycles. The van der Waals surface area contributed by atoms with Gasteiger partial charge in [0.1, 0.15) is 0 Å². The van der Waals surface area contributed by atoms with Gasteiger partial charge in [-0.2, -0.15) is 0 Å². The lowest BCUT2D eigenvalue weighted by Gasteiger charge is -2.25. The number of thiophene rings is 1. The summed E-state index contributed by atoms with van der Waals surface area (Å²) in [5.41, 5.74) is 0. The Bertz CT molecular complexity index is 354. The second kappa shape index (κ2) is 6.23. The second-order valence-corrected chi connectivity index (χ2v) is 5.17. The van der Waals surface area contributed by atoms with Gasteiger partial charge < -0.3 is 5.11 Å². The molecule has 0 saturated carbocycles. The topological polar surface area (TPSA) is 40.5 Å². The van der Waals surface area contributed by atoms with Crippen LogP contribution in [0.25, 0.3) is 0 Å². The third-order valence-electron chi connectivity index (χ3n) is 2.48. The van der Waals surface area contributed by atoms with Gasteiger partial charge in [0, 0.05) is 22.8 Å². The van der Waals surface area contributed by atoms with Gasteiger partial charge in [0.15, 0.2) is 0 Å². The summed E-state index contributed by atoms with van der Waals surface area (Å²) in [5, 5.41) is 11.4. The number of carboxylic acid groups (broad SMARTS) is 1. The maximum atomic E-state index is 10.6. The molecular formula is C11H16ClNO2S. The van der Waals surface area contributed by atoms with Gasteiger partial charge in [-0.05, 0) is 19.5 Å². The average Bonchev–Trinajstić information content (AvgIpc) is 2.59. The lowest BCUT2D eigenvalue weighted by molar-refractivity contribution is -0.138. The molecule has 1 unspecified atom stereocenters. The van der Waals surface area contributed by atoms with E-state index in [0.29, 0.717) is 0 Å². The van der Waals surface area contributed by atoms with Crippen LogP contribution in [0.5, 0.6) is 0 Å². The first-order chi connectivity index (χ1) is 7.52. The fourth-order valence-electron chi connectivity index (χ4n) is 1.60. The first kappa shape index (κ1) is 13.5. The molecule has 1 heterocycles. The Hall–Kier alpha value is -0.580. The van der Waals surface area contributed by atoms with Crippen LogP contribution in [0, 0.1) is 0 Å². The van der Waals surface area contributed by atoms with Crippen LogP contribution in [-0.2, 0) is 11.3 Å². The molecule has 0 aliphatic heterocycles. The van der Waals surface area contributed by atoms with Crippen molar-refractivity contribution in [2.24, 2.45) is 0 Å². The molecular weight excluding hydrogens is 246 g/mol. The van der Waals surface area contributed by atoms with Crippen LogP contribution in [0.15, 0.2) is 11.4 Å². The Morgan fingerprint density at radius 3 is 2.81 bits per heavy atom. The molecule has 1 aromatic rings. The molecule has 90 valence electrons. The molecule has 0 saturated heterocycles. The Morgan fingerprint density at radius 1 is 1.69 bits per heavy atom. The lowest BCUT2D eigenvalue weighted by atomic mass is 10.2. The molecule has 0 amide bonds. The van der Waals surface area contributed by atoms with Crippen LogP contribution >= 0.6 is 22.9 Å². The molecule has 0 aliphatic carbocycles. The SMILES string of the molecule is CCN(Cc1cc(Cl)cs1)C(C)CC(=O)O. The number of hydrogen-bond donors (Lipinski definition) is 1. The maximum Gasteiger partial charge on any atom is 0.304 e. The third kappa shape index (κ3) is 4.12. The van der Waals surface area contributed by atoms with Crippen molar-refractivity contribution < 1.29 is 9.90 Å². The summed E-state index contributed by atoms with van der Waals surface area (Å²) in [6, 6.07) is 1.98. The second-order valence-electron chi connectivity index (χ2n) is 3.74. The van der Waals surface area contributed by atoms with Crippen LogP contribution in [-0.4, -0.2) is 28.6 Å². The molecule has 16 heavy (non-hydrogen) atoms. The average molecular weight is 262 g/mol. The molecule has 0 aliphatic rings. The highest BCUT2D eigenvalue weighted by Gasteiger charge is 2.16. The molecule has 0 spiro atoms. The van der Waals surface area contributed by atoms with Crippen LogP contribution in [0.4, 0.5) is 0 Å². The molecule has 0 fully saturated rings. The quantitative estimate of drug-likeness (QED) is 0.856. The zero-order valence-electron chi connectivity index (χ0n) is 9.44. The van der Waals surface area contributed by atoms with E-state index in [0.717, 1.165) is 18.1 Å². The zero-order valence-corrected chi connectivity index (χ0v) is 11.0. The smallest absolute Gasteiger partial charge is 0.304 e. The van der Waals surface area contributed by atoms with Crippen LogP contribution in [0.2, 0.25) is 5.02 Å². The highest BCUT2D eigenvalue weighted by Crippen LogP contribution is 2.21. The largest absolute Gasteiger partial charge is 0.481 e. The molecule has 3 nitrogen and oxygen atoms in total. The van der Waals surface area contributed by atoms with Gasteiger partial charge in [-0.1, -0.05) is 18.5 Å². The summed E-state index contributed by atoms with van der Waals surface area (Å²) < 4.78 is 0. The standard InChI is InChI=1S/C11H16ClNO2S/c1-3-13(8(2)4-11(14)15)6-10-5-9(12)7-16-10/h5,7-8H,3-4,6H2,1-2H3,(H,14,15). The Kier molecular flexibility index (Phi) is 5.25. The van der Waals surface area contributed by atoms with E-state index in [9.17, 15) is 4.79 Å². The van der Waals surface area contributed by atoms with Gasteiger partial charge in [-0.3, -0.25) is 9.69 Å². The highest BCUT2D eigenvalue weighted by molar-refractivity contribution is 7.10. The van der Waals surface area contributed by atoms with Crippen molar-refractivity contribution in [3.63, 3.8) is 0 Å². The van der Waals surface area contributed by atoms with E-state index < -0.39 is 5.97 Å². The third-order valence-corrected chi connectivity index (χ3v) is 3.75. The summed E-state index contributed by atoms with van der Waals surface area (Å²) in [5.74, 6) is -0.754. The molecule has 5 heteroatoms. The Morgan fingerprint density at radius 2 is 2.38 bits per heavy atom. The van der Waals surface area contributed by atoms with E-state index in [1.807, 2.05) is 25.3 Å². The number of nitrogens with zero attached hydrogens (tertiary/aromatic N) is 1. The first-order valence-electron chi connectivity index (χ1n) is 5.21. The van der Waals surface area contributed by atoms with Crippen LogP contribution in [0.3, 0.4) is 0 Å². The van der Waals surface area contributed by atoms with Gasteiger partial charge >= 0.3 is 5.97 Å². The minimum absolute atomic E-state index is 0.0448. The van der Waals surface area contributed by atoms with Gasteiger partial charge in [-0.15, -0.1) is 11.3 Å². The predicted octanol–water partition coefficient (Wildman–Crippen LogP) is 3.09. The predicted molar refractivity (Wildman–Crippen MR) is 67.1 cm³/mol. The molecule has 1 rings (SSSR count). The first-order valence-corrected chi connectivity index (χ1v) is 6.47. The summed E-state index contributed by atoms with van der Waals surface area (Å²) in [7, 11) is 0. The number of halogens is 1. The number of rotatable bonds is 6. The summed E-state index contributed by atoms with van der Waals surface area (Å²) in [6.07, 6.45) is 0.174. The van der Waals surface area contributed by atoms with Crippen molar-refractivity contribution in [3.8, 4) is 0 Å². The van der Waals surface area contributed by atoms with Gasteiger partial charge in [0.25, 0.3) is 0 Å². The minimum atomic E-state index is -0.754. The van der Waals surface area contributed by atoms with Crippen LogP contribution < -0.4 is 0 Å². The summed E-state index contributed by atoms with van der Waals surface area (Å²) in [6.45, 7) is 5.58. The zero-order chi connectivity index (χ0) is 12.1. The van der Waals surface area contributed by atoms with E-state index in [4.69, 9.17) is 16.7 Å². The fraction of sp³-hybridized carbons (Fsp3) is 0.545. The van der Waals surface area contributed by atoms with Crippen LogP contribution in [0.1, 0.15) is 25.1 Å².